The Bertz CT molecular complexity index is 909. The number of benzene rings is 2. The molecule has 1 amide bonds. The maximum absolute atomic E-state index is 12.6. The molecule has 1 atom stereocenters. The van der Waals surface area contributed by atoms with Gasteiger partial charge in [-0.05, 0) is 39.3 Å². The van der Waals surface area contributed by atoms with Crippen molar-refractivity contribution in [1.82, 2.24) is 5.32 Å². The Morgan fingerprint density at radius 2 is 1.88 bits per heavy atom. The lowest BCUT2D eigenvalue weighted by Gasteiger charge is -2.25. The Labute approximate surface area is 188 Å². The third-order valence-corrected chi connectivity index (χ3v) is 4.67. The molecule has 0 radical (unpaired) electrons. The van der Waals surface area contributed by atoms with Crippen molar-refractivity contribution in [2.75, 3.05) is 27.3 Å². The van der Waals surface area contributed by atoms with Crippen LogP contribution in [0.4, 0.5) is 4.79 Å². The zero-order valence-electron chi connectivity index (χ0n) is 19.2. The zero-order valence-corrected chi connectivity index (χ0v) is 19.2. The van der Waals surface area contributed by atoms with E-state index in [2.05, 4.69) is 5.32 Å². The van der Waals surface area contributed by atoms with E-state index < -0.39 is 17.7 Å². The topological polar surface area (TPSA) is 84.5 Å². The third kappa shape index (κ3) is 6.27. The Balaban J connectivity index is 1.87. The van der Waals surface area contributed by atoms with Gasteiger partial charge < -0.3 is 33.7 Å². The number of amides is 1. The number of alkyl carbamates (subject to hydrolysis) is 1. The number of methoxy groups -OCH3 is 1. The van der Waals surface area contributed by atoms with Crippen LogP contribution in [-0.2, 0) is 20.8 Å². The molecule has 1 aliphatic heterocycles. The number of fused-ring (bicyclic) bond motifs is 1. The van der Waals surface area contributed by atoms with Crippen molar-refractivity contribution in [3.05, 3.63) is 53.1 Å². The summed E-state index contributed by atoms with van der Waals surface area (Å²) in [5, 5.41) is 2.90. The fourth-order valence-corrected chi connectivity index (χ4v) is 3.26. The van der Waals surface area contributed by atoms with Crippen LogP contribution >= 0.6 is 0 Å². The van der Waals surface area contributed by atoms with Gasteiger partial charge in [-0.3, -0.25) is 0 Å². The van der Waals surface area contributed by atoms with Crippen molar-refractivity contribution in [2.24, 2.45) is 0 Å². The van der Waals surface area contributed by atoms with Crippen molar-refractivity contribution in [3.63, 3.8) is 0 Å². The molecule has 0 aliphatic carbocycles. The quantitative estimate of drug-likeness (QED) is 0.569. The van der Waals surface area contributed by atoms with Crippen LogP contribution in [0.15, 0.2) is 36.4 Å². The average Bonchev–Trinajstić information content (AvgIpc) is 3.22. The summed E-state index contributed by atoms with van der Waals surface area (Å²) in [6, 6.07) is 11.1. The minimum atomic E-state index is -0.638. The molecule has 0 saturated carbocycles. The predicted octanol–water partition coefficient (Wildman–Crippen LogP) is 4.49. The van der Waals surface area contributed by atoms with Gasteiger partial charge in [-0.25, -0.2) is 4.79 Å². The minimum absolute atomic E-state index is 0.0780. The molecule has 1 heterocycles. The van der Waals surface area contributed by atoms with Crippen molar-refractivity contribution in [2.45, 2.75) is 45.9 Å². The normalized spacial score (nSPS) is 13.5. The Morgan fingerprint density at radius 1 is 1.16 bits per heavy atom. The summed E-state index contributed by atoms with van der Waals surface area (Å²) < 4.78 is 33.6. The van der Waals surface area contributed by atoms with Crippen molar-refractivity contribution in [1.29, 1.82) is 0 Å². The molecule has 174 valence electrons. The minimum Gasteiger partial charge on any atom is -0.467 e. The summed E-state index contributed by atoms with van der Waals surface area (Å²) in [6.45, 7) is 8.06. The van der Waals surface area contributed by atoms with Crippen LogP contribution in [0, 0.1) is 6.92 Å². The lowest BCUT2D eigenvalue weighted by Crippen LogP contribution is -2.36. The van der Waals surface area contributed by atoms with E-state index in [0.29, 0.717) is 29.4 Å². The molecule has 2 aromatic rings. The van der Waals surface area contributed by atoms with Gasteiger partial charge in [0.05, 0.1) is 19.3 Å². The smallest absolute Gasteiger partial charge is 0.408 e. The largest absolute Gasteiger partial charge is 0.467 e. The highest BCUT2D eigenvalue weighted by atomic mass is 16.7. The Hall–Kier alpha value is -2.97. The molecule has 32 heavy (non-hydrogen) atoms. The van der Waals surface area contributed by atoms with E-state index in [0.717, 1.165) is 11.1 Å². The SMILES string of the molecule is COCOc1cc([C@H](COCc2ccccc2)NC(=O)OC(C)(C)C)c2c(c1C)OCO2. The Kier molecular flexibility index (Phi) is 7.82. The molecule has 0 spiro atoms. The van der Waals surface area contributed by atoms with Gasteiger partial charge in [0.15, 0.2) is 18.3 Å². The number of rotatable bonds is 9. The van der Waals surface area contributed by atoms with Gasteiger partial charge in [0.25, 0.3) is 0 Å². The van der Waals surface area contributed by atoms with E-state index in [1.54, 1.807) is 7.11 Å². The van der Waals surface area contributed by atoms with E-state index in [1.165, 1.54) is 0 Å². The molecule has 1 aliphatic rings. The molecule has 8 nitrogen and oxygen atoms in total. The highest BCUT2D eigenvalue weighted by Gasteiger charge is 2.30. The Morgan fingerprint density at radius 3 is 2.56 bits per heavy atom. The summed E-state index contributed by atoms with van der Waals surface area (Å²) in [5.74, 6) is 1.70. The first-order chi connectivity index (χ1) is 15.3. The zero-order chi connectivity index (χ0) is 23.1. The molecule has 0 bridgehead atoms. The predicted molar refractivity (Wildman–Crippen MR) is 118 cm³/mol. The first kappa shape index (κ1) is 23.7. The maximum atomic E-state index is 12.6. The van der Waals surface area contributed by atoms with Gasteiger partial charge in [-0.15, -0.1) is 0 Å². The lowest BCUT2D eigenvalue weighted by molar-refractivity contribution is 0.0421. The molecule has 2 aromatic carbocycles. The molecule has 3 rings (SSSR count). The maximum Gasteiger partial charge on any atom is 0.408 e. The van der Waals surface area contributed by atoms with Crippen LogP contribution in [0.25, 0.3) is 0 Å². The third-order valence-electron chi connectivity index (χ3n) is 4.67. The summed E-state index contributed by atoms with van der Waals surface area (Å²) in [6.07, 6.45) is -0.557. The van der Waals surface area contributed by atoms with Gasteiger partial charge in [-0.2, -0.15) is 0 Å². The van der Waals surface area contributed by atoms with E-state index in [9.17, 15) is 4.79 Å². The van der Waals surface area contributed by atoms with E-state index >= 15 is 0 Å². The highest BCUT2D eigenvalue weighted by Crippen LogP contribution is 2.45. The molecule has 0 saturated heterocycles. The fraction of sp³-hybridized carbons (Fsp3) is 0.458. The van der Waals surface area contributed by atoms with Gasteiger partial charge in [0.2, 0.25) is 6.79 Å². The number of nitrogens with one attached hydrogen (secondary N) is 1. The van der Waals surface area contributed by atoms with E-state index in [-0.39, 0.29) is 20.2 Å². The monoisotopic (exact) mass is 445 g/mol. The van der Waals surface area contributed by atoms with Gasteiger partial charge in [0.1, 0.15) is 11.4 Å². The van der Waals surface area contributed by atoms with Crippen molar-refractivity contribution >= 4 is 6.09 Å². The van der Waals surface area contributed by atoms with Crippen LogP contribution in [0.5, 0.6) is 17.2 Å². The van der Waals surface area contributed by atoms with Gasteiger partial charge in [-0.1, -0.05) is 30.3 Å². The van der Waals surface area contributed by atoms with Crippen LogP contribution < -0.4 is 19.5 Å². The van der Waals surface area contributed by atoms with Gasteiger partial charge >= 0.3 is 6.09 Å². The first-order valence-electron chi connectivity index (χ1n) is 10.4. The van der Waals surface area contributed by atoms with Crippen molar-refractivity contribution < 1.29 is 33.2 Å². The molecule has 0 unspecified atom stereocenters. The molecular formula is C24H31NO7. The summed E-state index contributed by atoms with van der Waals surface area (Å²) >= 11 is 0. The number of ether oxygens (including phenoxy) is 6. The molecule has 1 N–H and O–H groups in total. The van der Waals surface area contributed by atoms with Crippen LogP contribution in [0.3, 0.4) is 0 Å². The highest BCUT2D eigenvalue weighted by molar-refractivity contribution is 5.69. The lowest BCUT2D eigenvalue weighted by atomic mass is 10.0. The number of carbonyl (C=O) groups excluding carboxylic acids is 1. The van der Waals surface area contributed by atoms with Crippen LogP contribution in [-0.4, -0.2) is 39.0 Å². The molecule has 0 fully saturated rings. The summed E-state index contributed by atoms with van der Waals surface area (Å²) in [5.41, 5.74) is 1.86. The van der Waals surface area contributed by atoms with Crippen LogP contribution in [0.2, 0.25) is 0 Å². The molecule has 8 heteroatoms. The van der Waals surface area contributed by atoms with Crippen LogP contribution in [0.1, 0.15) is 43.5 Å². The second-order valence-corrected chi connectivity index (χ2v) is 8.40. The number of hydrogen-bond donors (Lipinski definition) is 1. The first-order valence-corrected chi connectivity index (χ1v) is 10.4. The fourth-order valence-electron chi connectivity index (χ4n) is 3.26. The molecule has 0 aromatic heterocycles. The molecular weight excluding hydrogens is 414 g/mol. The van der Waals surface area contributed by atoms with E-state index in [1.807, 2.05) is 64.1 Å². The van der Waals surface area contributed by atoms with Gasteiger partial charge in [0, 0.05) is 18.2 Å². The second kappa shape index (κ2) is 10.6. The average molecular weight is 446 g/mol. The summed E-state index contributed by atoms with van der Waals surface area (Å²) in [7, 11) is 1.55. The summed E-state index contributed by atoms with van der Waals surface area (Å²) in [4.78, 5) is 12.6. The second-order valence-electron chi connectivity index (χ2n) is 8.40. The standard InChI is InChI=1S/C24H31NO7/c1-16-20(29-14-27-5)11-18(22-21(16)30-15-31-22)19(25-23(26)32-24(2,3)4)13-28-12-17-9-7-6-8-10-17/h6-11,19H,12-15H2,1-5H3,(H,25,26)/t19-/m0/s1. The number of carbonyl (C=O) groups is 1. The van der Waals surface area contributed by atoms with Crippen molar-refractivity contribution in [3.8, 4) is 17.2 Å². The number of hydrogen-bond acceptors (Lipinski definition) is 7. The van der Waals surface area contributed by atoms with E-state index in [4.69, 9.17) is 28.4 Å².